The van der Waals surface area contributed by atoms with Gasteiger partial charge in [-0.3, -0.25) is 4.57 Å². The number of ether oxygens (including phenoxy) is 3. The third-order valence-corrected chi connectivity index (χ3v) is 7.53. The largest absolute Gasteiger partial charge is 0.481 e. The average Bonchev–Trinajstić information content (AvgIpc) is 2.72. The lowest BCUT2D eigenvalue weighted by Crippen LogP contribution is -2.21. The van der Waals surface area contributed by atoms with Crippen LogP contribution in [0.25, 0.3) is 11.1 Å². The van der Waals surface area contributed by atoms with Gasteiger partial charge in [0.25, 0.3) is 0 Å². The summed E-state index contributed by atoms with van der Waals surface area (Å²) in [5.41, 5.74) is 2.51. The standard InChI is InChI=1S/C24H35FNO5P/c1-9-31-32(8,27)16(2)30-15-17-10-11-18(19-13-22(28-6)26-14-21(19)25)20(12-17)23(29-7)24(3,4)5/h10-14,16,23H,9,15H2,1-8H3/t16?,23-,32?/m1/s1. The molecule has 3 atom stereocenters. The van der Waals surface area contributed by atoms with Crippen LogP contribution in [0.2, 0.25) is 0 Å². The SMILES string of the molecule is CCOP(C)(=O)C(C)OCc1ccc(-c2cc(OC)ncc2F)c([C@@H](OC)C(C)(C)C)c1. The highest BCUT2D eigenvalue weighted by atomic mass is 31.2. The van der Waals surface area contributed by atoms with Crippen molar-refractivity contribution in [1.29, 1.82) is 0 Å². The van der Waals surface area contributed by atoms with Crippen LogP contribution in [0.3, 0.4) is 0 Å². The number of nitrogens with zero attached hydrogens (tertiary/aromatic N) is 1. The monoisotopic (exact) mass is 467 g/mol. The molecule has 0 aliphatic heterocycles. The fourth-order valence-corrected chi connectivity index (χ4v) is 4.63. The number of hydrogen-bond acceptors (Lipinski definition) is 6. The van der Waals surface area contributed by atoms with Crippen LogP contribution in [0.5, 0.6) is 5.88 Å². The van der Waals surface area contributed by atoms with Gasteiger partial charge in [-0.05, 0) is 36.0 Å². The van der Waals surface area contributed by atoms with Crippen LogP contribution in [0.15, 0.2) is 30.5 Å². The molecule has 0 N–H and O–H groups in total. The van der Waals surface area contributed by atoms with Gasteiger partial charge in [-0.1, -0.05) is 39.0 Å². The third-order valence-electron chi connectivity index (χ3n) is 5.29. The van der Waals surface area contributed by atoms with Crippen LogP contribution in [0.4, 0.5) is 4.39 Å². The Labute approximate surface area is 190 Å². The van der Waals surface area contributed by atoms with Gasteiger partial charge >= 0.3 is 0 Å². The van der Waals surface area contributed by atoms with Crippen LogP contribution in [-0.4, -0.2) is 38.3 Å². The maximum absolute atomic E-state index is 14.8. The van der Waals surface area contributed by atoms with Crippen molar-refractivity contribution in [3.63, 3.8) is 0 Å². The van der Waals surface area contributed by atoms with Crippen LogP contribution in [-0.2, 0) is 25.2 Å². The lowest BCUT2D eigenvalue weighted by atomic mass is 9.81. The quantitative estimate of drug-likeness (QED) is 0.375. The van der Waals surface area contributed by atoms with Gasteiger partial charge in [0.15, 0.2) is 0 Å². The number of rotatable bonds is 10. The van der Waals surface area contributed by atoms with Crippen molar-refractivity contribution in [2.45, 2.75) is 53.2 Å². The second-order valence-corrected chi connectivity index (χ2v) is 11.6. The molecule has 0 saturated carbocycles. The molecule has 0 aliphatic carbocycles. The zero-order valence-electron chi connectivity index (χ0n) is 20.3. The molecule has 0 radical (unpaired) electrons. The van der Waals surface area contributed by atoms with Crippen LogP contribution in [0, 0.1) is 11.2 Å². The molecule has 1 aromatic heterocycles. The smallest absolute Gasteiger partial charge is 0.227 e. The van der Waals surface area contributed by atoms with Crippen molar-refractivity contribution in [3.05, 3.63) is 47.4 Å². The molecular weight excluding hydrogens is 432 g/mol. The summed E-state index contributed by atoms with van der Waals surface area (Å²) in [5, 5.41) is 0. The summed E-state index contributed by atoms with van der Waals surface area (Å²) in [6.07, 6.45) is 0.844. The summed E-state index contributed by atoms with van der Waals surface area (Å²) in [6.45, 7) is 11.9. The van der Waals surface area contributed by atoms with Crippen molar-refractivity contribution >= 4 is 7.37 Å². The summed E-state index contributed by atoms with van der Waals surface area (Å²) in [5.74, 6) is -0.668. The first-order valence-electron chi connectivity index (χ1n) is 10.6. The first kappa shape index (κ1) is 26.5. The number of pyridine rings is 1. The first-order chi connectivity index (χ1) is 14.9. The maximum atomic E-state index is 14.8. The fourth-order valence-electron chi connectivity index (χ4n) is 3.56. The van der Waals surface area contributed by atoms with E-state index in [4.69, 9.17) is 18.7 Å². The van der Waals surface area contributed by atoms with Gasteiger partial charge in [0.05, 0.1) is 32.6 Å². The summed E-state index contributed by atoms with van der Waals surface area (Å²) < 4.78 is 49.7. The molecule has 2 rings (SSSR count). The van der Waals surface area contributed by atoms with Gasteiger partial charge in [-0.25, -0.2) is 9.37 Å². The molecule has 178 valence electrons. The summed E-state index contributed by atoms with van der Waals surface area (Å²) >= 11 is 0. The average molecular weight is 468 g/mol. The van der Waals surface area contributed by atoms with E-state index in [1.165, 1.54) is 7.11 Å². The van der Waals surface area contributed by atoms with E-state index in [-0.39, 0.29) is 18.1 Å². The van der Waals surface area contributed by atoms with Gasteiger partial charge < -0.3 is 18.7 Å². The fraction of sp³-hybridized carbons (Fsp3) is 0.542. The summed E-state index contributed by atoms with van der Waals surface area (Å²) in [7, 11) is 0.263. The van der Waals surface area contributed by atoms with Crippen molar-refractivity contribution in [1.82, 2.24) is 4.98 Å². The molecule has 0 bridgehead atoms. The third kappa shape index (κ3) is 6.38. The molecule has 0 aliphatic rings. The highest BCUT2D eigenvalue weighted by molar-refractivity contribution is 7.58. The molecule has 2 unspecified atom stereocenters. The van der Waals surface area contributed by atoms with E-state index in [0.29, 0.717) is 23.6 Å². The van der Waals surface area contributed by atoms with E-state index in [1.54, 1.807) is 33.7 Å². The number of hydrogen-bond donors (Lipinski definition) is 0. The number of halogens is 1. The summed E-state index contributed by atoms with van der Waals surface area (Å²) in [6, 6.07) is 7.25. The van der Waals surface area contributed by atoms with Crippen molar-refractivity contribution < 1.29 is 27.7 Å². The van der Waals surface area contributed by atoms with Gasteiger partial charge in [-0.2, -0.15) is 0 Å². The van der Waals surface area contributed by atoms with E-state index < -0.39 is 19.0 Å². The van der Waals surface area contributed by atoms with E-state index in [1.807, 2.05) is 18.2 Å². The molecule has 32 heavy (non-hydrogen) atoms. The Morgan fingerprint density at radius 1 is 1.16 bits per heavy atom. The maximum Gasteiger partial charge on any atom is 0.227 e. The minimum absolute atomic E-state index is 0.238. The second kappa shape index (κ2) is 10.9. The van der Waals surface area contributed by atoms with Gasteiger partial charge in [0.2, 0.25) is 13.2 Å². The Bertz CT molecular complexity index is 960. The molecule has 8 heteroatoms. The van der Waals surface area contributed by atoms with Gasteiger partial charge in [-0.15, -0.1) is 0 Å². The van der Waals surface area contributed by atoms with E-state index in [9.17, 15) is 8.96 Å². The molecule has 6 nitrogen and oxygen atoms in total. The molecule has 1 heterocycles. The minimum Gasteiger partial charge on any atom is -0.481 e. The molecular formula is C24H35FNO5P. The molecule has 0 saturated heterocycles. The highest BCUT2D eigenvalue weighted by Crippen LogP contribution is 2.48. The zero-order chi connectivity index (χ0) is 24.1. The first-order valence-corrected chi connectivity index (χ1v) is 12.8. The molecule has 0 amide bonds. The Morgan fingerprint density at radius 3 is 2.41 bits per heavy atom. The Kier molecular flexibility index (Phi) is 9.00. The van der Waals surface area contributed by atoms with E-state index in [0.717, 1.165) is 17.3 Å². The second-order valence-electron chi connectivity index (χ2n) is 8.85. The predicted octanol–water partition coefficient (Wildman–Crippen LogP) is 6.44. The molecule has 1 aromatic carbocycles. The summed E-state index contributed by atoms with van der Waals surface area (Å²) in [4.78, 5) is 3.94. The van der Waals surface area contributed by atoms with Crippen molar-refractivity contribution in [2.75, 3.05) is 27.5 Å². The Balaban J connectivity index is 2.50. The molecule has 0 fully saturated rings. The molecule has 0 spiro atoms. The number of methoxy groups -OCH3 is 2. The lowest BCUT2D eigenvalue weighted by Gasteiger charge is -2.32. The Morgan fingerprint density at radius 2 is 1.84 bits per heavy atom. The van der Waals surface area contributed by atoms with Crippen molar-refractivity contribution in [2.24, 2.45) is 5.41 Å². The van der Waals surface area contributed by atoms with Crippen LogP contribution < -0.4 is 4.74 Å². The van der Waals surface area contributed by atoms with E-state index in [2.05, 4.69) is 25.8 Å². The van der Waals surface area contributed by atoms with Crippen molar-refractivity contribution in [3.8, 4) is 17.0 Å². The zero-order valence-corrected chi connectivity index (χ0v) is 21.2. The minimum atomic E-state index is -2.87. The topological polar surface area (TPSA) is 66.9 Å². The van der Waals surface area contributed by atoms with Crippen LogP contribution in [0.1, 0.15) is 51.8 Å². The number of benzene rings is 1. The highest BCUT2D eigenvalue weighted by Gasteiger charge is 2.30. The van der Waals surface area contributed by atoms with Crippen LogP contribution >= 0.6 is 7.37 Å². The van der Waals surface area contributed by atoms with Gasteiger partial charge in [0.1, 0.15) is 11.7 Å². The molecule has 2 aromatic rings. The van der Waals surface area contributed by atoms with E-state index >= 15 is 0 Å². The Hall–Kier alpha value is -1.79. The normalized spacial score (nSPS) is 15.8. The lowest BCUT2D eigenvalue weighted by molar-refractivity contribution is 0.0154. The van der Waals surface area contributed by atoms with Gasteiger partial charge in [0, 0.05) is 25.4 Å². The predicted molar refractivity (Wildman–Crippen MR) is 125 cm³/mol. The number of aromatic nitrogens is 1.